The molecule has 0 saturated carbocycles. The van der Waals surface area contributed by atoms with E-state index in [1.807, 2.05) is 0 Å². The lowest BCUT2D eigenvalue weighted by Gasteiger charge is -2.35. The van der Waals surface area contributed by atoms with Gasteiger partial charge in [0.2, 0.25) is 0 Å². The van der Waals surface area contributed by atoms with Crippen LogP contribution in [-0.2, 0) is 9.53 Å². The number of ether oxygens (including phenoxy) is 1. The zero-order chi connectivity index (χ0) is 11.9. The molecule has 0 aliphatic rings. The van der Waals surface area contributed by atoms with Crippen LogP contribution in [0, 0.1) is 5.92 Å². The number of carbonyl (C=O) groups excluding carboxylic acids is 1. The first-order chi connectivity index (χ1) is 7.02. The van der Waals surface area contributed by atoms with Crippen molar-refractivity contribution in [2.24, 2.45) is 5.92 Å². The number of esters is 1. The lowest BCUT2D eigenvalue weighted by molar-refractivity contribution is -0.166. The molecule has 0 aliphatic carbocycles. The van der Waals surface area contributed by atoms with Crippen molar-refractivity contribution < 1.29 is 9.53 Å². The minimum atomic E-state index is -0.245. The topological polar surface area (TPSA) is 26.3 Å². The molecule has 0 aromatic carbocycles. The van der Waals surface area contributed by atoms with Gasteiger partial charge in [0.25, 0.3) is 0 Å². The van der Waals surface area contributed by atoms with E-state index in [2.05, 4.69) is 34.6 Å². The number of carbonyl (C=O) groups is 1. The van der Waals surface area contributed by atoms with E-state index in [1.54, 1.807) is 0 Å². The predicted octanol–water partition coefficient (Wildman–Crippen LogP) is 3.93. The van der Waals surface area contributed by atoms with Gasteiger partial charge in [-0.15, -0.1) is 0 Å². The first kappa shape index (κ1) is 14.5. The Kier molecular flexibility index (Phi) is 6.62. The Hall–Kier alpha value is -0.530. The van der Waals surface area contributed by atoms with Crippen LogP contribution >= 0.6 is 0 Å². The molecular weight excluding hydrogens is 188 g/mol. The summed E-state index contributed by atoms with van der Waals surface area (Å²) in [5.74, 6) is 0.354. The quantitative estimate of drug-likeness (QED) is 0.600. The molecule has 0 atom stereocenters. The van der Waals surface area contributed by atoms with Crippen LogP contribution in [0.25, 0.3) is 0 Å². The van der Waals surface area contributed by atoms with E-state index in [4.69, 9.17) is 4.74 Å². The largest absolute Gasteiger partial charge is 0.459 e. The number of hydrogen-bond acceptors (Lipinski definition) is 2. The third-order valence-corrected chi connectivity index (χ3v) is 3.30. The molecule has 0 heterocycles. The summed E-state index contributed by atoms with van der Waals surface area (Å²) < 4.78 is 5.66. The highest BCUT2D eigenvalue weighted by atomic mass is 16.6. The van der Waals surface area contributed by atoms with Gasteiger partial charge in [-0.05, 0) is 25.2 Å². The molecule has 0 aliphatic heterocycles. The summed E-state index contributed by atoms with van der Waals surface area (Å²) in [5, 5.41) is 0. The molecule has 15 heavy (non-hydrogen) atoms. The summed E-state index contributed by atoms with van der Waals surface area (Å²) >= 11 is 0. The third kappa shape index (κ3) is 4.23. The Morgan fingerprint density at radius 1 is 1.20 bits per heavy atom. The Morgan fingerprint density at radius 2 is 1.73 bits per heavy atom. The van der Waals surface area contributed by atoms with Gasteiger partial charge < -0.3 is 4.74 Å². The molecule has 0 aromatic rings. The van der Waals surface area contributed by atoms with E-state index in [1.165, 1.54) is 0 Å². The highest BCUT2D eigenvalue weighted by molar-refractivity contribution is 5.69. The molecule has 0 rings (SSSR count). The average Bonchev–Trinajstić information content (AvgIpc) is 2.22. The molecule has 0 amide bonds. The van der Waals surface area contributed by atoms with Crippen LogP contribution in [0.15, 0.2) is 0 Å². The van der Waals surface area contributed by atoms with Gasteiger partial charge in [0.15, 0.2) is 0 Å². The predicted molar refractivity (Wildman–Crippen MR) is 63.8 cm³/mol. The summed E-state index contributed by atoms with van der Waals surface area (Å²) in [4.78, 5) is 11.6. The first-order valence-corrected chi connectivity index (χ1v) is 6.24. The molecular formula is C13H26O2. The van der Waals surface area contributed by atoms with Gasteiger partial charge >= 0.3 is 5.97 Å². The molecule has 0 unspecified atom stereocenters. The smallest absolute Gasteiger partial charge is 0.306 e. The Morgan fingerprint density at radius 3 is 2.07 bits per heavy atom. The van der Waals surface area contributed by atoms with Crippen molar-refractivity contribution in [2.45, 2.75) is 72.3 Å². The summed E-state index contributed by atoms with van der Waals surface area (Å²) in [6, 6.07) is 0. The van der Waals surface area contributed by atoms with Gasteiger partial charge in [-0.3, -0.25) is 4.79 Å². The van der Waals surface area contributed by atoms with E-state index >= 15 is 0 Å². The van der Waals surface area contributed by atoms with E-state index in [0.717, 1.165) is 25.7 Å². The van der Waals surface area contributed by atoms with Crippen molar-refractivity contribution in [1.82, 2.24) is 0 Å². The molecule has 0 bridgehead atoms. The number of hydrogen-bond donors (Lipinski definition) is 0. The van der Waals surface area contributed by atoms with Gasteiger partial charge in [0.1, 0.15) is 5.60 Å². The van der Waals surface area contributed by atoms with Crippen molar-refractivity contribution in [2.75, 3.05) is 0 Å². The molecule has 0 radical (unpaired) electrons. The maximum atomic E-state index is 11.6. The summed E-state index contributed by atoms with van der Waals surface area (Å²) in [5.41, 5.74) is -0.245. The highest BCUT2D eigenvalue weighted by Gasteiger charge is 2.33. The Labute approximate surface area is 94.4 Å². The highest BCUT2D eigenvalue weighted by Crippen LogP contribution is 2.30. The summed E-state index contributed by atoms with van der Waals surface area (Å²) in [6.45, 7) is 10.5. The molecule has 90 valence electrons. The normalized spacial score (nSPS) is 11.9. The zero-order valence-electron chi connectivity index (χ0n) is 10.9. The average molecular weight is 214 g/mol. The monoisotopic (exact) mass is 214 g/mol. The molecule has 0 fully saturated rings. The second kappa shape index (κ2) is 6.86. The van der Waals surface area contributed by atoms with Crippen molar-refractivity contribution >= 4 is 5.97 Å². The number of unbranched alkanes of at least 4 members (excludes halogenated alkanes) is 1. The Bertz CT molecular complexity index is 181. The standard InChI is InChI=1S/C13H26O2/c1-6-9-10-12(14)15-13(7-2,8-3)11(4)5/h11H,6-10H2,1-5H3. The molecule has 0 N–H and O–H groups in total. The molecule has 0 aromatic heterocycles. The SMILES string of the molecule is CCCCC(=O)OC(CC)(CC)C(C)C. The lowest BCUT2D eigenvalue weighted by atomic mass is 9.85. The summed E-state index contributed by atoms with van der Waals surface area (Å²) in [6.07, 6.45) is 4.34. The zero-order valence-corrected chi connectivity index (χ0v) is 10.9. The lowest BCUT2D eigenvalue weighted by Crippen LogP contribution is -2.39. The van der Waals surface area contributed by atoms with Crippen LogP contribution in [-0.4, -0.2) is 11.6 Å². The second-order valence-corrected chi connectivity index (χ2v) is 4.50. The van der Waals surface area contributed by atoms with Crippen LogP contribution in [0.2, 0.25) is 0 Å². The van der Waals surface area contributed by atoms with Crippen molar-refractivity contribution in [3.05, 3.63) is 0 Å². The second-order valence-electron chi connectivity index (χ2n) is 4.50. The fourth-order valence-corrected chi connectivity index (χ4v) is 1.93. The number of rotatable bonds is 7. The van der Waals surface area contributed by atoms with E-state index < -0.39 is 0 Å². The van der Waals surface area contributed by atoms with Crippen molar-refractivity contribution in [3.8, 4) is 0 Å². The fourth-order valence-electron chi connectivity index (χ4n) is 1.93. The molecule has 0 spiro atoms. The summed E-state index contributed by atoms with van der Waals surface area (Å²) in [7, 11) is 0. The van der Waals surface area contributed by atoms with E-state index in [9.17, 15) is 4.79 Å². The molecule has 2 heteroatoms. The van der Waals surface area contributed by atoms with Crippen LogP contribution < -0.4 is 0 Å². The van der Waals surface area contributed by atoms with Crippen LogP contribution in [0.1, 0.15) is 66.7 Å². The van der Waals surface area contributed by atoms with Crippen LogP contribution in [0.3, 0.4) is 0 Å². The van der Waals surface area contributed by atoms with E-state index in [-0.39, 0.29) is 11.6 Å². The fraction of sp³-hybridized carbons (Fsp3) is 0.923. The minimum Gasteiger partial charge on any atom is -0.459 e. The van der Waals surface area contributed by atoms with Gasteiger partial charge in [-0.25, -0.2) is 0 Å². The maximum Gasteiger partial charge on any atom is 0.306 e. The molecule has 2 nitrogen and oxygen atoms in total. The minimum absolute atomic E-state index is 0.0331. The Balaban J connectivity index is 4.34. The van der Waals surface area contributed by atoms with E-state index in [0.29, 0.717) is 12.3 Å². The van der Waals surface area contributed by atoms with Crippen molar-refractivity contribution in [3.63, 3.8) is 0 Å². The van der Waals surface area contributed by atoms with Gasteiger partial charge in [-0.2, -0.15) is 0 Å². The van der Waals surface area contributed by atoms with Crippen LogP contribution in [0.4, 0.5) is 0 Å². The third-order valence-electron chi connectivity index (χ3n) is 3.30. The maximum absolute atomic E-state index is 11.6. The van der Waals surface area contributed by atoms with Crippen LogP contribution in [0.5, 0.6) is 0 Å². The van der Waals surface area contributed by atoms with Crippen molar-refractivity contribution in [1.29, 1.82) is 0 Å². The van der Waals surface area contributed by atoms with Gasteiger partial charge in [-0.1, -0.05) is 41.0 Å². The van der Waals surface area contributed by atoms with Gasteiger partial charge in [0, 0.05) is 6.42 Å². The molecule has 0 saturated heterocycles. The van der Waals surface area contributed by atoms with Gasteiger partial charge in [0.05, 0.1) is 0 Å². The first-order valence-electron chi connectivity index (χ1n) is 6.24.